The lowest BCUT2D eigenvalue weighted by molar-refractivity contribution is 0.0951. The molecule has 2 rings (SSSR count). The predicted molar refractivity (Wildman–Crippen MR) is 80.7 cm³/mol. The maximum absolute atomic E-state index is 12.8. The van der Waals surface area contributed by atoms with E-state index in [4.69, 9.17) is 0 Å². The van der Waals surface area contributed by atoms with Crippen LogP contribution in [0, 0.1) is 12.7 Å². The van der Waals surface area contributed by atoms with E-state index in [0.29, 0.717) is 12.1 Å². The Kier molecular flexibility index (Phi) is 4.87. The molecule has 5 heteroatoms. The van der Waals surface area contributed by atoms with Gasteiger partial charge in [-0.25, -0.2) is 4.39 Å². The van der Waals surface area contributed by atoms with Crippen molar-refractivity contribution >= 4 is 11.6 Å². The number of pyridine rings is 1. The number of halogens is 1. The van der Waals surface area contributed by atoms with Gasteiger partial charge in [-0.3, -0.25) is 9.78 Å². The fourth-order valence-electron chi connectivity index (χ4n) is 1.96. The van der Waals surface area contributed by atoms with Crippen LogP contribution in [0.2, 0.25) is 0 Å². The zero-order valence-electron chi connectivity index (χ0n) is 12.1. The minimum atomic E-state index is -0.290. The minimum absolute atomic E-state index is 0.206. The molecule has 0 fully saturated rings. The van der Waals surface area contributed by atoms with Gasteiger partial charge in [-0.05, 0) is 37.6 Å². The van der Waals surface area contributed by atoms with Gasteiger partial charge >= 0.3 is 0 Å². The van der Waals surface area contributed by atoms with Gasteiger partial charge in [0.05, 0.1) is 11.3 Å². The second kappa shape index (κ2) is 6.83. The standard InChI is InChI=1S/C16H18FN3O/c1-3-18-15-8-11(2)19-10-14(15)16(21)20-9-12-4-6-13(17)7-5-12/h4-8,10H,3,9H2,1-2H3,(H,18,19)(H,20,21). The Hall–Kier alpha value is -2.43. The molecule has 0 bridgehead atoms. The van der Waals surface area contributed by atoms with Crippen LogP contribution >= 0.6 is 0 Å². The molecule has 0 atom stereocenters. The van der Waals surface area contributed by atoms with E-state index in [1.165, 1.54) is 12.1 Å². The highest BCUT2D eigenvalue weighted by Gasteiger charge is 2.11. The third-order valence-electron chi connectivity index (χ3n) is 3.02. The summed E-state index contributed by atoms with van der Waals surface area (Å²) in [4.78, 5) is 16.4. The lowest BCUT2D eigenvalue weighted by Gasteiger charge is -2.11. The van der Waals surface area contributed by atoms with Gasteiger partial charge in [0.25, 0.3) is 5.91 Å². The number of anilines is 1. The second-order valence-corrected chi connectivity index (χ2v) is 4.71. The maximum Gasteiger partial charge on any atom is 0.255 e. The molecule has 0 unspecified atom stereocenters. The van der Waals surface area contributed by atoms with Crippen molar-refractivity contribution in [3.8, 4) is 0 Å². The van der Waals surface area contributed by atoms with E-state index < -0.39 is 0 Å². The van der Waals surface area contributed by atoms with Crippen LogP contribution < -0.4 is 10.6 Å². The van der Waals surface area contributed by atoms with Crippen molar-refractivity contribution in [1.82, 2.24) is 10.3 Å². The molecule has 2 aromatic rings. The van der Waals surface area contributed by atoms with Crippen LogP contribution in [0.15, 0.2) is 36.5 Å². The Morgan fingerprint density at radius 3 is 2.67 bits per heavy atom. The first-order valence-corrected chi connectivity index (χ1v) is 6.83. The summed E-state index contributed by atoms with van der Waals surface area (Å²) in [5, 5.41) is 5.96. The number of carbonyl (C=O) groups is 1. The summed E-state index contributed by atoms with van der Waals surface area (Å²) in [6.45, 7) is 4.91. The molecule has 4 nitrogen and oxygen atoms in total. The number of nitrogens with one attached hydrogen (secondary N) is 2. The van der Waals surface area contributed by atoms with E-state index in [1.54, 1.807) is 18.3 Å². The highest BCUT2D eigenvalue weighted by molar-refractivity contribution is 5.99. The van der Waals surface area contributed by atoms with Crippen molar-refractivity contribution in [2.75, 3.05) is 11.9 Å². The molecule has 0 spiro atoms. The third-order valence-corrected chi connectivity index (χ3v) is 3.02. The van der Waals surface area contributed by atoms with Crippen molar-refractivity contribution in [2.24, 2.45) is 0 Å². The number of hydrogen-bond acceptors (Lipinski definition) is 3. The summed E-state index contributed by atoms with van der Waals surface area (Å²) >= 11 is 0. The topological polar surface area (TPSA) is 54.0 Å². The molecule has 21 heavy (non-hydrogen) atoms. The molecule has 0 aliphatic rings. The number of hydrogen-bond donors (Lipinski definition) is 2. The Bertz CT molecular complexity index is 626. The van der Waals surface area contributed by atoms with Crippen LogP contribution in [0.5, 0.6) is 0 Å². The highest BCUT2D eigenvalue weighted by atomic mass is 19.1. The average molecular weight is 287 g/mol. The summed E-state index contributed by atoms with van der Waals surface area (Å²) in [7, 11) is 0. The maximum atomic E-state index is 12.8. The zero-order valence-corrected chi connectivity index (χ0v) is 12.1. The van der Waals surface area contributed by atoms with Crippen LogP contribution in [-0.2, 0) is 6.54 Å². The molecular formula is C16H18FN3O. The second-order valence-electron chi connectivity index (χ2n) is 4.71. The van der Waals surface area contributed by atoms with Crippen LogP contribution in [-0.4, -0.2) is 17.4 Å². The molecule has 1 aromatic carbocycles. The van der Waals surface area contributed by atoms with E-state index in [2.05, 4.69) is 15.6 Å². The van der Waals surface area contributed by atoms with Crippen molar-refractivity contribution in [3.63, 3.8) is 0 Å². The van der Waals surface area contributed by atoms with E-state index in [9.17, 15) is 9.18 Å². The van der Waals surface area contributed by atoms with Gasteiger partial charge in [-0.15, -0.1) is 0 Å². The van der Waals surface area contributed by atoms with Crippen molar-refractivity contribution in [2.45, 2.75) is 20.4 Å². The lowest BCUT2D eigenvalue weighted by Crippen LogP contribution is -2.24. The van der Waals surface area contributed by atoms with Gasteiger partial charge < -0.3 is 10.6 Å². The lowest BCUT2D eigenvalue weighted by atomic mass is 10.1. The van der Waals surface area contributed by atoms with E-state index in [-0.39, 0.29) is 11.7 Å². The molecule has 1 heterocycles. The first-order chi connectivity index (χ1) is 10.1. The monoisotopic (exact) mass is 287 g/mol. The van der Waals surface area contributed by atoms with Gasteiger partial charge in [0.2, 0.25) is 0 Å². The van der Waals surface area contributed by atoms with E-state index in [1.807, 2.05) is 19.9 Å². The van der Waals surface area contributed by atoms with Crippen molar-refractivity contribution in [1.29, 1.82) is 0 Å². The molecular weight excluding hydrogens is 269 g/mol. The average Bonchev–Trinajstić information content (AvgIpc) is 2.47. The SMILES string of the molecule is CCNc1cc(C)ncc1C(=O)NCc1ccc(F)cc1. The van der Waals surface area contributed by atoms with E-state index >= 15 is 0 Å². The fraction of sp³-hybridized carbons (Fsp3) is 0.250. The molecule has 2 N–H and O–H groups in total. The van der Waals surface area contributed by atoms with Gasteiger partial charge in [0, 0.05) is 25.0 Å². The first-order valence-electron chi connectivity index (χ1n) is 6.83. The summed E-state index contributed by atoms with van der Waals surface area (Å²) in [5.74, 6) is -0.495. The summed E-state index contributed by atoms with van der Waals surface area (Å²) in [5.41, 5.74) is 2.96. The normalized spacial score (nSPS) is 10.2. The molecule has 0 aliphatic carbocycles. The smallest absolute Gasteiger partial charge is 0.255 e. The van der Waals surface area contributed by atoms with Crippen molar-refractivity contribution in [3.05, 3.63) is 59.2 Å². The summed E-state index contributed by atoms with van der Waals surface area (Å²) in [6, 6.07) is 7.89. The summed E-state index contributed by atoms with van der Waals surface area (Å²) in [6.07, 6.45) is 1.56. The number of amides is 1. The van der Waals surface area contributed by atoms with Crippen LogP contribution in [0.3, 0.4) is 0 Å². The third kappa shape index (κ3) is 4.02. The van der Waals surface area contributed by atoms with Gasteiger partial charge in [-0.1, -0.05) is 12.1 Å². The predicted octanol–water partition coefficient (Wildman–Crippen LogP) is 2.89. The fourth-order valence-corrected chi connectivity index (χ4v) is 1.96. The van der Waals surface area contributed by atoms with Crippen molar-refractivity contribution < 1.29 is 9.18 Å². The molecule has 1 amide bonds. The Morgan fingerprint density at radius 1 is 1.29 bits per heavy atom. The molecule has 0 radical (unpaired) electrons. The number of benzene rings is 1. The number of aromatic nitrogens is 1. The molecule has 1 aromatic heterocycles. The molecule has 0 saturated heterocycles. The van der Waals surface area contributed by atoms with Crippen LogP contribution in [0.1, 0.15) is 28.5 Å². The number of aryl methyl sites for hydroxylation is 1. The summed E-state index contributed by atoms with van der Waals surface area (Å²) < 4.78 is 12.8. The van der Waals surface area contributed by atoms with Crippen LogP contribution in [0.25, 0.3) is 0 Å². The first kappa shape index (κ1) is 15.0. The Labute approximate surface area is 123 Å². The van der Waals surface area contributed by atoms with Crippen LogP contribution in [0.4, 0.5) is 10.1 Å². The number of nitrogens with zero attached hydrogens (tertiary/aromatic N) is 1. The quantitative estimate of drug-likeness (QED) is 0.889. The number of carbonyl (C=O) groups excluding carboxylic acids is 1. The zero-order chi connectivity index (χ0) is 15.2. The molecule has 110 valence electrons. The van der Waals surface area contributed by atoms with Gasteiger partial charge in [0.1, 0.15) is 5.82 Å². The highest BCUT2D eigenvalue weighted by Crippen LogP contribution is 2.15. The minimum Gasteiger partial charge on any atom is -0.385 e. The van der Waals surface area contributed by atoms with E-state index in [0.717, 1.165) is 23.5 Å². The molecule has 0 saturated carbocycles. The largest absolute Gasteiger partial charge is 0.385 e. The molecule has 0 aliphatic heterocycles. The number of rotatable bonds is 5. The Balaban J connectivity index is 2.07. The van der Waals surface area contributed by atoms with Gasteiger partial charge in [-0.2, -0.15) is 0 Å². The van der Waals surface area contributed by atoms with Gasteiger partial charge in [0.15, 0.2) is 0 Å². The Morgan fingerprint density at radius 2 is 2.00 bits per heavy atom.